The van der Waals surface area contributed by atoms with Crippen molar-refractivity contribution >= 4 is 0 Å². The fraction of sp³-hybridized carbons (Fsp3) is 0.333. The molecule has 1 atom stereocenters. The number of aryl methyl sites for hydroxylation is 1. The molecule has 0 aromatic heterocycles. The minimum atomic E-state index is -4.57. The van der Waals surface area contributed by atoms with Gasteiger partial charge in [-0.15, -0.1) is 0 Å². The summed E-state index contributed by atoms with van der Waals surface area (Å²) in [5, 5.41) is 0. The Morgan fingerprint density at radius 2 is 1.56 bits per heavy atom. The van der Waals surface area contributed by atoms with Gasteiger partial charge in [0, 0.05) is 0 Å². The van der Waals surface area contributed by atoms with Gasteiger partial charge in [-0.25, -0.2) is 8.78 Å². The summed E-state index contributed by atoms with van der Waals surface area (Å²) in [6.45, 7) is 1.23. The first-order valence-corrected chi connectivity index (χ1v) is 5.11. The molecule has 18 heavy (non-hydrogen) atoms. The average molecular weight is 264 g/mol. The maximum atomic E-state index is 13.4. The summed E-state index contributed by atoms with van der Waals surface area (Å²) in [7, 11) is 0. The van der Waals surface area contributed by atoms with Gasteiger partial charge in [0.25, 0.3) is 0 Å². The monoisotopic (exact) mass is 264 g/mol. The van der Waals surface area contributed by atoms with Gasteiger partial charge in [-0.05, 0) is 12.5 Å². The molecule has 0 fully saturated rings. The van der Waals surface area contributed by atoms with E-state index in [-0.39, 0.29) is 0 Å². The van der Waals surface area contributed by atoms with E-state index in [0.29, 0.717) is 5.56 Å². The van der Waals surface area contributed by atoms with Crippen molar-refractivity contribution < 1.29 is 26.7 Å². The first-order chi connectivity index (χ1) is 8.29. The minimum absolute atomic E-state index is 0.383. The lowest BCUT2D eigenvalue weighted by atomic mass is 9.95. The molecule has 1 unspecified atom stereocenters. The standard InChI is InChI=1S/C12H9F5O/c1-7-2-4-8(5-3-7)6-18-12(17)10(14)9(13)11(12,15)16/h2-5H,6H2,1H3. The van der Waals surface area contributed by atoms with Crippen LogP contribution in [0.2, 0.25) is 0 Å². The minimum Gasteiger partial charge on any atom is -0.331 e. The Morgan fingerprint density at radius 3 is 2.06 bits per heavy atom. The maximum absolute atomic E-state index is 13.4. The molecule has 0 saturated heterocycles. The molecule has 0 saturated carbocycles. The van der Waals surface area contributed by atoms with Crippen LogP contribution in [0.3, 0.4) is 0 Å². The van der Waals surface area contributed by atoms with Crippen molar-refractivity contribution in [3.63, 3.8) is 0 Å². The van der Waals surface area contributed by atoms with Gasteiger partial charge >= 0.3 is 11.8 Å². The van der Waals surface area contributed by atoms with Crippen LogP contribution in [-0.2, 0) is 11.3 Å². The van der Waals surface area contributed by atoms with Crippen molar-refractivity contribution in [1.29, 1.82) is 0 Å². The van der Waals surface area contributed by atoms with E-state index in [0.717, 1.165) is 5.56 Å². The second-order valence-corrected chi connectivity index (χ2v) is 4.07. The molecule has 2 rings (SSSR count). The molecule has 0 spiro atoms. The van der Waals surface area contributed by atoms with Crippen LogP contribution in [0.5, 0.6) is 0 Å². The fourth-order valence-corrected chi connectivity index (χ4v) is 1.52. The Morgan fingerprint density at radius 1 is 1.00 bits per heavy atom. The Labute approximate surface area is 99.9 Å². The van der Waals surface area contributed by atoms with Gasteiger partial charge in [0.05, 0.1) is 6.61 Å². The molecular weight excluding hydrogens is 255 g/mol. The van der Waals surface area contributed by atoms with Crippen LogP contribution in [0.25, 0.3) is 0 Å². The summed E-state index contributed by atoms with van der Waals surface area (Å²) in [5.74, 6) is -13.2. The molecule has 6 heteroatoms. The van der Waals surface area contributed by atoms with Gasteiger partial charge in [0.1, 0.15) is 0 Å². The van der Waals surface area contributed by atoms with Crippen LogP contribution in [0.1, 0.15) is 11.1 Å². The van der Waals surface area contributed by atoms with Crippen molar-refractivity contribution in [1.82, 2.24) is 0 Å². The lowest BCUT2D eigenvalue weighted by Crippen LogP contribution is -2.56. The molecule has 0 aliphatic heterocycles. The number of halogens is 5. The zero-order chi connectivity index (χ0) is 13.6. The van der Waals surface area contributed by atoms with E-state index in [4.69, 9.17) is 0 Å². The summed E-state index contributed by atoms with van der Waals surface area (Å²) >= 11 is 0. The molecule has 0 radical (unpaired) electrons. The number of rotatable bonds is 3. The smallest absolute Gasteiger partial charge is 0.331 e. The highest BCUT2D eigenvalue weighted by Gasteiger charge is 2.74. The Balaban J connectivity index is 2.10. The van der Waals surface area contributed by atoms with E-state index < -0.39 is 30.0 Å². The predicted molar refractivity (Wildman–Crippen MR) is 54.0 cm³/mol. The normalized spacial score (nSPS) is 26.1. The fourth-order valence-electron chi connectivity index (χ4n) is 1.52. The molecule has 1 aromatic rings. The molecule has 98 valence electrons. The van der Waals surface area contributed by atoms with Crippen LogP contribution < -0.4 is 0 Å². The molecule has 0 amide bonds. The van der Waals surface area contributed by atoms with Gasteiger partial charge in [-0.2, -0.15) is 13.2 Å². The number of ether oxygens (including phenoxy) is 1. The van der Waals surface area contributed by atoms with E-state index in [1.165, 1.54) is 12.1 Å². The Kier molecular flexibility index (Phi) is 2.93. The third-order valence-corrected chi connectivity index (χ3v) is 2.71. The van der Waals surface area contributed by atoms with Gasteiger partial charge < -0.3 is 4.74 Å². The topological polar surface area (TPSA) is 9.23 Å². The molecule has 1 nitrogen and oxygen atoms in total. The summed E-state index contributed by atoms with van der Waals surface area (Å²) in [6.07, 6.45) is 0. The molecule has 1 aromatic carbocycles. The maximum Gasteiger partial charge on any atom is 0.365 e. The summed E-state index contributed by atoms with van der Waals surface area (Å²) in [6, 6.07) is 6.37. The summed E-state index contributed by atoms with van der Waals surface area (Å²) < 4.78 is 68.4. The van der Waals surface area contributed by atoms with Crippen LogP contribution in [0, 0.1) is 6.92 Å². The van der Waals surface area contributed by atoms with E-state index in [9.17, 15) is 22.0 Å². The van der Waals surface area contributed by atoms with Gasteiger partial charge in [-0.3, -0.25) is 0 Å². The lowest BCUT2D eigenvalue weighted by Gasteiger charge is -2.38. The second-order valence-electron chi connectivity index (χ2n) is 4.07. The third kappa shape index (κ3) is 1.71. The Bertz CT molecular complexity index is 494. The number of hydrogen-bond acceptors (Lipinski definition) is 1. The largest absolute Gasteiger partial charge is 0.365 e. The van der Waals surface area contributed by atoms with Crippen molar-refractivity contribution in [3.8, 4) is 0 Å². The van der Waals surface area contributed by atoms with Gasteiger partial charge in [0.15, 0.2) is 0 Å². The summed E-state index contributed by atoms with van der Waals surface area (Å²) in [5.41, 5.74) is 1.30. The third-order valence-electron chi connectivity index (χ3n) is 2.71. The first-order valence-electron chi connectivity index (χ1n) is 5.11. The SMILES string of the molecule is Cc1ccc(COC2(F)C(F)=C(F)C2(F)F)cc1. The number of benzene rings is 1. The molecule has 0 bridgehead atoms. The van der Waals surface area contributed by atoms with Crippen LogP contribution >= 0.6 is 0 Å². The molecule has 0 heterocycles. The van der Waals surface area contributed by atoms with Crippen molar-refractivity contribution in [2.24, 2.45) is 0 Å². The zero-order valence-electron chi connectivity index (χ0n) is 9.31. The van der Waals surface area contributed by atoms with Gasteiger partial charge in [-0.1, -0.05) is 29.8 Å². The van der Waals surface area contributed by atoms with Crippen LogP contribution in [-0.4, -0.2) is 11.8 Å². The Hall–Kier alpha value is -1.43. The number of alkyl halides is 3. The van der Waals surface area contributed by atoms with E-state index >= 15 is 0 Å². The highest BCUT2D eigenvalue weighted by Crippen LogP contribution is 2.56. The van der Waals surface area contributed by atoms with Crippen molar-refractivity contribution in [2.75, 3.05) is 0 Å². The van der Waals surface area contributed by atoms with E-state index in [2.05, 4.69) is 4.74 Å². The highest BCUT2D eigenvalue weighted by atomic mass is 19.3. The van der Waals surface area contributed by atoms with E-state index in [1.807, 2.05) is 0 Å². The number of hydrogen-bond donors (Lipinski definition) is 0. The summed E-state index contributed by atoms with van der Waals surface area (Å²) in [4.78, 5) is 0. The second kappa shape index (κ2) is 4.05. The van der Waals surface area contributed by atoms with Crippen LogP contribution in [0.4, 0.5) is 22.0 Å². The van der Waals surface area contributed by atoms with Crippen molar-refractivity contribution in [3.05, 3.63) is 47.0 Å². The quantitative estimate of drug-likeness (QED) is 0.750. The molecular formula is C12H9F5O. The van der Waals surface area contributed by atoms with E-state index in [1.54, 1.807) is 19.1 Å². The first kappa shape index (κ1) is 13.0. The van der Waals surface area contributed by atoms with Crippen molar-refractivity contribution in [2.45, 2.75) is 25.3 Å². The molecule has 0 N–H and O–H groups in total. The predicted octanol–water partition coefficient (Wildman–Crippen LogP) is 3.98. The average Bonchev–Trinajstić information content (AvgIpc) is 2.35. The zero-order valence-corrected chi connectivity index (χ0v) is 9.31. The lowest BCUT2D eigenvalue weighted by molar-refractivity contribution is -0.288. The molecule has 1 aliphatic carbocycles. The van der Waals surface area contributed by atoms with Gasteiger partial charge in [0.2, 0.25) is 11.7 Å². The molecule has 1 aliphatic rings. The highest BCUT2D eigenvalue weighted by molar-refractivity contribution is 5.35. The van der Waals surface area contributed by atoms with Crippen LogP contribution in [0.15, 0.2) is 35.9 Å².